The molecule has 1 N–H and O–H groups in total. The Morgan fingerprint density at radius 1 is 1.07 bits per heavy atom. The Morgan fingerprint density at radius 3 is 2.30 bits per heavy atom. The van der Waals surface area contributed by atoms with Gasteiger partial charge in [-0.1, -0.05) is 32.0 Å². The van der Waals surface area contributed by atoms with Gasteiger partial charge in [0.05, 0.1) is 11.0 Å². The van der Waals surface area contributed by atoms with Gasteiger partial charge < -0.3 is 10.2 Å². The van der Waals surface area contributed by atoms with E-state index < -0.39 is 0 Å². The number of rotatable bonds is 7. The molecule has 1 aliphatic rings. The van der Waals surface area contributed by atoms with Crippen molar-refractivity contribution in [2.24, 2.45) is 0 Å². The van der Waals surface area contributed by atoms with Crippen molar-refractivity contribution in [2.75, 3.05) is 36.4 Å². The average molecular weight is 411 g/mol. The van der Waals surface area contributed by atoms with Crippen LogP contribution in [-0.4, -0.2) is 48.0 Å². The number of nitro benzene ring substituents is 1. The topological polar surface area (TPSA) is 78.7 Å². The van der Waals surface area contributed by atoms with Crippen LogP contribution in [0, 0.1) is 10.1 Å². The predicted octanol–water partition coefficient (Wildman–Crippen LogP) is 4.26. The zero-order valence-corrected chi connectivity index (χ0v) is 17.9. The van der Waals surface area contributed by atoms with Crippen LogP contribution in [0.3, 0.4) is 0 Å². The second-order valence-electron chi connectivity index (χ2n) is 7.86. The van der Waals surface area contributed by atoms with E-state index in [1.807, 2.05) is 25.1 Å². The van der Waals surface area contributed by atoms with Crippen molar-refractivity contribution < 1.29 is 9.72 Å². The number of carbonyl (C=O) groups excluding carboxylic acids is 1. The molecule has 7 heteroatoms. The number of hydrogen-bond donors (Lipinski definition) is 1. The number of para-hydroxylation sites is 1. The second-order valence-corrected chi connectivity index (χ2v) is 7.86. The molecule has 1 fully saturated rings. The average Bonchev–Trinajstić information content (AvgIpc) is 2.78. The van der Waals surface area contributed by atoms with Gasteiger partial charge in [0, 0.05) is 49.7 Å². The van der Waals surface area contributed by atoms with E-state index in [2.05, 4.69) is 35.0 Å². The number of hydrogen-bond acceptors (Lipinski definition) is 5. The van der Waals surface area contributed by atoms with E-state index in [4.69, 9.17) is 0 Å². The molecule has 0 bridgehead atoms. The minimum absolute atomic E-state index is 0.00883. The maximum atomic E-state index is 12.9. The smallest absolute Gasteiger partial charge is 0.269 e. The van der Waals surface area contributed by atoms with E-state index in [0.717, 1.165) is 44.0 Å². The number of amides is 1. The number of anilines is 2. The van der Waals surface area contributed by atoms with Gasteiger partial charge in [-0.05, 0) is 43.0 Å². The molecule has 0 aromatic heterocycles. The van der Waals surface area contributed by atoms with Gasteiger partial charge in [0.15, 0.2) is 0 Å². The van der Waals surface area contributed by atoms with Gasteiger partial charge >= 0.3 is 0 Å². The number of piperazine rings is 1. The van der Waals surface area contributed by atoms with E-state index in [9.17, 15) is 14.9 Å². The van der Waals surface area contributed by atoms with Gasteiger partial charge in [-0.15, -0.1) is 0 Å². The fourth-order valence-electron chi connectivity index (χ4n) is 3.82. The van der Waals surface area contributed by atoms with E-state index in [0.29, 0.717) is 5.92 Å². The summed E-state index contributed by atoms with van der Waals surface area (Å²) in [6, 6.07) is 14.4. The van der Waals surface area contributed by atoms with Crippen LogP contribution < -0.4 is 10.2 Å². The lowest BCUT2D eigenvalue weighted by atomic mass is 9.97. The van der Waals surface area contributed by atoms with Crippen molar-refractivity contribution in [3.8, 4) is 0 Å². The lowest BCUT2D eigenvalue weighted by Gasteiger charge is -2.38. The van der Waals surface area contributed by atoms with Gasteiger partial charge in [0.2, 0.25) is 5.91 Å². The summed E-state index contributed by atoms with van der Waals surface area (Å²) >= 11 is 0. The molecular weight excluding hydrogens is 380 g/mol. The number of nitrogens with zero attached hydrogens (tertiary/aromatic N) is 3. The number of benzene rings is 2. The van der Waals surface area contributed by atoms with Gasteiger partial charge in [-0.3, -0.25) is 19.8 Å². The summed E-state index contributed by atoms with van der Waals surface area (Å²) < 4.78 is 0. The van der Waals surface area contributed by atoms with Crippen molar-refractivity contribution in [3.05, 3.63) is 64.2 Å². The molecular formula is C23H30N4O3. The minimum Gasteiger partial charge on any atom is -0.369 e. The molecule has 30 heavy (non-hydrogen) atoms. The molecule has 0 radical (unpaired) electrons. The van der Waals surface area contributed by atoms with E-state index in [1.165, 1.54) is 17.7 Å². The van der Waals surface area contributed by atoms with Crippen LogP contribution in [0.2, 0.25) is 0 Å². The van der Waals surface area contributed by atoms with Crippen LogP contribution in [0.4, 0.5) is 17.1 Å². The van der Waals surface area contributed by atoms with Crippen molar-refractivity contribution >= 4 is 23.0 Å². The third-order valence-corrected chi connectivity index (χ3v) is 6.03. The van der Waals surface area contributed by atoms with E-state index in [1.54, 1.807) is 12.1 Å². The molecule has 2 aromatic rings. The highest BCUT2D eigenvalue weighted by atomic mass is 16.6. The molecule has 0 spiro atoms. The third-order valence-electron chi connectivity index (χ3n) is 6.03. The largest absolute Gasteiger partial charge is 0.369 e. The Bertz CT molecular complexity index is 876. The molecule has 0 unspecified atom stereocenters. The van der Waals surface area contributed by atoms with E-state index in [-0.39, 0.29) is 22.6 Å². The molecule has 2 aromatic carbocycles. The standard InChI is InChI=1S/C23H30N4O3/c1-4-17(2)21-7-5-6-8-22(21)24-23(28)18(3)25-13-15-26(16-14-25)19-9-11-20(12-10-19)27(29)30/h5-12,17-18H,4,13-16H2,1-3H3,(H,24,28)/t17-,18+/m0/s1. The molecule has 1 amide bonds. The Kier molecular flexibility index (Phi) is 7.05. The highest BCUT2D eigenvalue weighted by Gasteiger charge is 2.26. The number of non-ortho nitro benzene ring substituents is 1. The minimum atomic E-state index is -0.387. The first-order chi connectivity index (χ1) is 14.4. The van der Waals surface area contributed by atoms with Crippen molar-refractivity contribution in [3.63, 3.8) is 0 Å². The molecule has 0 aliphatic carbocycles. The number of carbonyl (C=O) groups is 1. The normalized spacial score (nSPS) is 16.7. The van der Waals surface area contributed by atoms with Gasteiger partial charge in [-0.2, -0.15) is 0 Å². The summed E-state index contributed by atoms with van der Waals surface area (Å²) in [5.74, 6) is 0.400. The van der Waals surface area contributed by atoms with Gasteiger partial charge in [0.25, 0.3) is 5.69 Å². The van der Waals surface area contributed by atoms with E-state index >= 15 is 0 Å². The molecule has 160 valence electrons. The monoisotopic (exact) mass is 410 g/mol. The maximum absolute atomic E-state index is 12.9. The van der Waals surface area contributed by atoms with Crippen LogP contribution in [0.5, 0.6) is 0 Å². The summed E-state index contributed by atoms with van der Waals surface area (Å²) in [5.41, 5.74) is 3.14. The molecule has 1 saturated heterocycles. The fourth-order valence-corrected chi connectivity index (χ4v) is 3.82. The lowest BCUT2D eigenvalue weighted by Crippen LogP contribution is -2.52. The fraction of sp³-hybridized carbons (Fsp3) is 0.435. The first-order valence-electron chi connectivity index (χ1n) is 10.5. The first-order valence-corrected chi connectivity index (χ1v) is 10.5. The van der Waals surface area contributed by atoms with Crippen molar-refractivity contribution in [1.29, 1.82) is 0 Å². The van der Waals surface area contributed by atoms with Crippen LogP contribution in [-0.2, 0) is 4.79 Å². The second kappa shape index (κ2) is 9.71. The summed E-state index contributed by atoms with van der Waals surface area (Å²) in [6.07, 6.45) is 1.02. The van der Waals surface area contributed by atoms with Crippen LogP contribution in [0.25, 0.3) is 0 Å². The Morgan fingerprint density at radius 2 is 1.70 bits per heavy atom. The van der Waals surface area contributed by atoms with Gasteiger partial charge in [-0.25, -0.2) is 0 Å². The predicted molar refractivity (Wildman–Crippen MR) is 120 cm³/mol. The summed E-state index contributed by atoms with van der Waals surface area (Å²) in [5, 5.41) is 13.9. The number of nitro groups is 1. The Labute approximate surface area is 177 Å². The van der Waals surface area contributed by atoms with Gasteiger partial charge in [0.1, 0.15) is 0 Å². The van der Waals surface area contributed by atoms with Crippen molar-refractivity contribution in [2.45, 2.75) is 39.2 Å². The highest BCUT2D eigenvalue weighted by molar-refractivity contribution is 5.95. The quantitative estimate of drug-likeness (QED) is 0.545. The SMILES string of the molecule is CC[C@H](C)c1ccccc1NC(=O)[C@@H](C)N1CCN(c2ccc([N+](=O)[O-])cc2)CC1. The Balaban J connectivity index is 1.58. The molecule has 1 heterocycles. The number of nitrogens with one attached hydrogen (secondary N) is 1. The Hall–Kier alpha value is -2.93. The highest BCUT2D eigenvalue weighted by Crippen LogP contribution is 2.27. The molecule has 1 aliphatic heterocycles. The van der Waals surface area contributed by atoms with Crippen LogP contribution in [0.15, 0.2) is 48.5 Å². The molecule has 0 saturated carbocycles. The van der Waals surface area contributed by atoms with Crippen molar-refractivity contribution in [1.82, 2.24) is 4.90 Å². The third kappa shape index (κ3) is 4.97. The zero-order chi connectivity index (χ0) is 21.7. The summed E-state index contributed by atoms with van der Waals surface area (Å²) in [7, 11) is 0. The molecule has 3 rings (SSSR count). The maximum Gasteiger partial charge on any atom is 0.269 e. The zero-order valence-electron chi connectivity index (χ0n) is 17.9. The summed E-state index contributed by atoms with van der Waals surface area (Å²) in [4.78, 5) is 27.7. The first kappa shape index (κ1) is 21.8. The summed E-state index contributed by atoms with van der Waals surface area (Å²) in [6.45, 7) is 9.35. The molecule has 7 nitrogen and oxygen atoms in total. The molecule has 2 atom stereocenters. The van der Waals surface area contributed by atoms with Crippen LogP contribution >= 0.6 is 0 Å². The van der Waals surface area contributed by atoms with Crippen LogP contribution in [0.1, 0.15) is 38.7 Å². The lowest BCUT2D eigenvalue weighted by molar-refractivity contribution is -0.384.